The average Bonchev–Trinajstić information content (AvgIpc) is 3.06. The van der Waals surface area contributed by atoms with Gasteiger partial charge in [-0.25, -0.2) is 38.5 Å². The first-order chi connectivity index (χ1) is 21.9. The van der Waals surface area contributed by atoms with E-state index in [1.54, 1.807) is 0 Å². The zero-order valence-corrected chi connectivity index (χ0v) is 28.2. The van der Waals surface area contributed by atoms with Crippen LogP contribution < -0.4 is 0 Å². The molecular weight excluding hydrogens is 924 g/mol. The summed E-state index contributed by atoms with van der Waals surface area (Å²) >= 11 is 0. The van der Waals surface area contributed by atoms with Gasteiger partial charge in [0, 0.05) is 0 Å². The van der Waals surface area contributed by atoms with Crippen molar-refractivity contribution < 1.29 is 85.4 Å². The van der Waals surface area contributed by atoms with Crippen LogP contribution in [-0.2, 0) is 41.5 Å². The van der Waals surface area contributed by atoms with E-state index in [1.165, 1.54) is 25.7 Å². The van der Waals surface area contributed by atoms with Crippen LogP contribution in [0.3, 0.4) is 0 Å². The van der Waals surface area contributed by atoms with Crippen LogP contribution in [0.2, 0.25) is 0 Å². The van der Waals surface area contributed by atoms with Crippen molar-refractivity contribution in [3.63, 3.8) is 0 Å². The molecule has 8 radical (unpaired) electrons. The summed E-state index contributed by atoms with van der Waals surface area (Å²) in [7, 11) is 0. The van der Waals surface area contributed by atoms with E-state index in [-0.39, 0.29) is 41.5 Å². The molecule has 0 spiro atoms. The fraction of sp³-hybridized carbons (Fsp3) is 0.111. The largest absolute Gasteiger partial charge is 2.00 e. The molecule has 0 heterocycles. The third-order valence-electron chi connectivity index (χ3n) is 5.15. The standard InChI is InChI=1S/2C8H5.C8H12.2C6F5.Pd.Pt/c2*1-2-8-6-4-3-5-7-8;1-2-4-6-8-7-5-3-1;2*7-2-1-3(8)5(10)6(11)4(2)9;;/h2*3-7H;1-2,7-8H,3-6H2;;;;/q2*-1;;2*-1;2*+2. The number of benzene rings is 4. The van der Waals surface area contributed by atoms with Crippen molar-refractivity contribution >= 4 is 0 Å². The van der Waals surface area contributed by atoms with Crippen molar-refractivity contribution in [1.82, 2.24) is 0 Å². The Kier molecular flexibility index (Phi) is 26.4. The van der Waals surface area contributed by atoms with E-state index in [1.807, 2.05) is 60.7 Å². The van der Waals surface area contributed by atoms with E-state index < -0.39 is 58.2 Å². The molecule has 0 unspecified atom stereocenters. The maximum absolute atomic E-state index is 12.0. The fourth-order valence-corrected chi connectivity index (χ4v) is 2.89. The van der Waals surface area contributed by atoms with E-state index in [4.69, 9.17) is 13.2 Å². The smallest absolute Gasteiger partial charge is 0.358 e. The predicted molar refractivity (Wildman–Crippen MR) is 150 cm³/mol. The van der Waals surface area contributed by atoms with Gasteiger partial charge in [0.15, 0.2) is 0 Å². The molecule has 0 amide bonds. The van der Waals surface area contributed by atoms with Gasteiger partial charge in [-0.05, 0) is 51.4 Å². The first-order valence-corrected chi connectivity index (χ1v) is 13.0. The van der Waals surface area contributed by atoms with Gasteiger partial charge in [0.25, 0.3) is 0 Å². The first kappa shape index (κ1) is 47.1. The molecule has 0 bridgehead atoms. The van der Waals surface area contributed by atoms with Crippen molar-refractivity contribution in [3.05, 3.63) is 193 Å². The topological polar surface area (TPSA) is 0 Å². The number of rotatable bonds is 2. The molecule has 1 saturated carbocycles. The van der Waals surface area contributed by atoms with Crippen LogP contribution in [0, 0.1) is 121 Å². The Balaban J connectivity index is 0. The minimum absolute atomic E-state index is 0. The van der Waals surface area contributed by atoms with Crippen LogP contribution in [0.1, 0.15) is 36.8 Å². The summed E-state index contributed by atoms with van der Waals surface area (Å²) in [5.41, 5.74) is 1.65. The van der Waals surface area contributed by atoms with Gasteiger partial charge in [-0.15, -0.1) is 36.4 Å². The summed E-state index contributed by atoms with van der Waals surface area (Å²) in [6.45, 7) is 13.4. The van der Waals surface area contributed by atoms with Crippen LogP contribution in [0.4, 0.5) is 43.9 Å². The second kappa shape index (κ2) is 26.9. The van der Waals surface area contributed by atoms with Gasteiger partial charge >= 0.3 is 41.5 Å². The van der Waals surface area contributed by atoms with E-state index in [0.717, 1.165) is 23.3 Å². The second-order valence-corrected chi connectivity index (χ2v) is 8.47. The molecule has 5 rings (SSSR count). The Labute approximate surface area is 302 Å². The molecule has 12 heteroatoms. The predicted octanol–water partition coefficient (Wildman–Crippen LogP) is 10.1. The summed E-state index contributed by atoms with van der Waals surface area (Å²) < 4.78 is 120. The van der Waals surface area contributed by atoms with Crippen molar-refractivity contribution in [3.8, 4) is 0 Å². The van der Waals surface area contributed by atoms with Crippen LogP contribution in [0.5, 0.6) is 0 Å². The molecule has 48 heavy (non-hydrogen) atoms. The second-order valence-electron chi connectivity index (χ2n) is 8.47. The molecule has 0 aliphatic heterocycles. The van der Waals surface area contributed by atoms with E-state index in [9.17, 15) is 43.9 Å². The summed E-state index contributed by atoms with van der Waals surface area (Å²) in [6.07, 6.45) is 18.6. The van der Waals surface area contributed by atoms with Gasteiger partial charge in [0.05, 0.1) is 58.2 Å². The van der Waals surface area contributed by atoms with E-state index in [2.05, 4.69) is 37.8 Å². The quantitative estimate of drug-likeness (QED) is 0.0618. The third kappa shape index (κ3) is 18.0. The number of hydrogen-bond acceptors (Lipinski definition) is 0. The van der Waals surface area contributed by atoms with Gasteiger partial charge in [-0.1, -0.05) is 36.4 Å². The Morgan fingerprint density at radius 3 is 0.833 bits per heavy atom. The third-order valence-corrected chi connectivity index (χ3v) is 5.15. The molecule has 0 nitrogen and oxygen atoms in total. The molecule has 1 aliphatic rings. The molecule has 4 aromatic rings. The van der Waals surface area contributed by atoms with Gasteiger partial charge < -0.3 is 13.2 Å². The molecule has 0 saturated heterocycles. The molecule has 1 aliphatic carbocycles. The van der Waals surface area contributed by atoms with Crippen molar-refractivity contribution in [1.29, 1.82) is 0 Å². The molecule has 256 valence electrons. The van der Waals surface area contributed by atoms with Crippen LogP contribution in [0.25, 0.3) is 0 Å². The average molecular weight is 946 g/mol. The summed E-state index contributed by atoms with van der Waals surface area (Å²) in [5, 5.41) is 0. The first-order valence-electron chi connectivity index (χ1n) is 13.0. The van der Waals surface area contributed by atoms with Crippen molar-refractivity contribution in [2.24, 2.45) is 0 Å². The zero-order chi connectivity index (χ0) is 34.5. The monoisotopic (exact) mass is 945 g/mol. The van der Waals surface area contributed by atoms with Gasteiger partial charge in [0.2, 0.25) is 0 Å². The summed E-state index contributed by atoms with van der Waals surface area (Å²) in [5.74, 6) is -20.1. The Bertz CT molecular complexity index is 1300. The Hall–Kier alpha value is -2.99. The zero-order valence-electron chi connectivity index (χ0n) is 24.3. The van der Waals surface area contributed by atoms with E-state index in [0.29, 0.717) is 0 Å². The number of halogens is 10. The minimum atomic E-state index is -2.17. The van der Waals surface area contributed by atoms with Crippen LogP contribution in [-0.4, -0.2) is 0 Å². The fourth-order valence-electron chi connectivity index (χ4n) is 2.89. The Morgan fingerprint density at radius 2 is 0.646 bits per heavy atom. The van der Waals surface area contributed by atoms with Gasteiger partial charge in [-0.2, -0.15) is 11.1 Å². The van der Waals surface area contributed by atoms with Crippen LogP contribution in [0.15, 0.2) is 60.7 Å². The Morgan fingerprint density at radius 1 is 0.417 bits per heavy atom. The minimum Gasteiger partial charge on any atom is -0.358 e. The van der Waals surface area contributed by atoms with Gasteiger partial charge in [-0.3, -0.25) is 17.6 Å². The molecule has 4 aromatic carbocycles. The summed E-state index contributed by atoms with van der Waals surface area (Å²) in [6, 6.07) is 20.8. The number of hydrogen-bond donors (Lipinski definition) is 0. The maximum Gasteiger partial charge on any atom is 2.00 e. The van der Waals surface area contributed by atoms with E-state index >= 15 is 0 Å². The van der Waals surface area contributed by atoms with Gasteiger partial charge in [0.1, 0.15) is 0 Å². The SMILES string of the molecule is Fc1[c-]c(F)c(F)c(F)c1F.Fc1[c-]c(F)c(F)c(F)c1F.[C-]=[C]c1ccccc1.[C-]=[C]c1ccccc1.[CH]1[CH]CC[CH][CH]CC1.[Pd+2].[Pt+2]. The van der Waals surface area contributed by atoms with Crippen LogP contribution >= 0.6 is 0 Å². The van der Waals surface area contributed by atoms with Crippen molar-refractivity contribution in [2.75, 3.05) is 0 Å². The summed E-state index contributed by atoms with van der Waals surface area (Å²) in [4.78, 5) is 0. The molecule has 0 atom stereocenters. The molecule has 0 aromatic heterocycles. The molecule has 0 N–H and O–H groups in total. The molecular formula is C36H22F10PdPt. The molecule has 1 fully saturated rings. The van der Waals surface area contributed by atoms with Crippen molar-refractivity contribution in [2.45, 2.75) is 25.7 Å². The maximum atomic E-state index is 12.0. The normalized spacial score (nSPS) is 11.5.